The van der Waals surface area contributed by atoms with E-state index in [1.54, 1.807) is 0 Å². The molecular formula is C16H23ClN4O. The standard InChI is InChI=1S/C16H22N4O.ClH/c1-17-11-15-19-20-16(21-15)18-14-10-6-5-9-13(14)12-7-3-2-4-8-12;/h2-4,7-8,13-14,17H,5-6,9-11H2,1H3,(H,18,20);1H/t13-,14+;/m0./s1. The Labute approximate surface area is 137 Å². The van der Waals surface area contributed by atoms with E-state index < -0.39 is 0 Å². The highest BCUT2D eigenvalue weighted by atomic mass is 35.5. The molecule has 2 aromatic rings. The van der Waals surface area contributed by atoms with Gasteiger partial charge in [0.1, 0.15) is 0 Å². The Morgan fingerprint density at radius 3 is 2.68 bits per heavy atom. The Hall–Kier alpha value is -1.59. The molecule has 2 N–H and O–H groups in total. The molecule has 0 bridgehead atoms. The number of benzene rings is 1. The number of hydrogen-bond acceptors (Lipinski definition) is 5. The molecule has 5 nitrogen and oxygen atoms in total. The molecule has 1 aliphatic rings. The molecule has 120 valence electrons. The number of rotatable bonds is 5. The second-order valence-corrected chi connectivity index (χ2v) is 5.58. The Morgan fingerprint density at radius 1 is 1.14 bits per heavy atom. The van der Waals surface area contributed by atoms with E-state index in [-0.39, 0.29) is 12.4 Å². The van der Waals surface area contributed by atoms with E-state index in [0.29, 0.717) is 30.4 Å². The molecule has 0 amide bonds. The first-order chi connectivity index (χ1) is 10.4. The van der Waals surface area contributed by atoms with Crippen LogP contribution in [0.15, 0.2) is 34.7 Å². The molecule has 0 aliphatic heterocycles. The normalized spacial score (nSPS) is 21.1. The first kappa shape index (κ1) is 16.8. The molecule has 1 aromatic heterocycles. The predicted octanol–water partition coefficient (Wildman–Crippen LogP) is 3.35. The summed E-state index contributed by atoms with van der Waals surface area (Å²) < 4.78 is 5.62. The van der Waals surface area contributed by atoms with Crippen LogP contribution in [-0.4, -0.2) is 23.3 Å². The molecule has 1 fully saturated rings. The first-order valence-electron chi connectivity index (χ1n) is 7.65. The summed E-state index contributed by atoms with van der Waals surface area (Å²) >= 11 is 0. The van der Waals surface area contributed by atoms with Crippen LogP contribution in [0, 0.1) is 0 Å². The van der Waals surface area contributed by atoms with Gasteiger partial charge in [-0.1, -0.05) is 48.3 Å². The van der Waals surface area contributed by atoms with Gasteiger partial charge in [-0.2, -0.15) is 0 Å². The fraction of sp³-hybridized carbons (Fsp3) is 0.500. The summed E-state index contributed by atoms with van der Waals surface area (Å²) in [7, 11) is 1.86. The van der Waals surface area contributed by atoms with Crippen LogP contribution in [0.3, 0.4) is 0 Å². The Bertz CT molecular complexity index is 560. The lowest BCUT2D eigenvalue weighted by molar-refractivity contribution is 0.392. The average molecular weight is 323 g/mol. The quantitative estimate of drug-likeness (QED) is 0.884. The zero-order chi connectivity index (χ0) is 14.5. The van der Waals surface area contributed by atoms with Crippen LogP contribution in [0.4, 0.5) is 6.01 Å². The minimum absolute atomic E-state index is 0. The van der Waals surface area contributed by atoms with Crippen LogP contribution in [0.1, 0.15) is 43.1 Å². The van der Waals surface area contributed by atoms with Crippen LogP contribution in [0.5, 0.6) is 0 Å². The molecule has 0 spiro atoms. The molecule has 3 rings (SSSR count). The van der Waals surface area contributed by atoms with E-state index in [9.17, 15) is 0 Å². The van der Waals surface area contributed by atoms with E-state index in [0.717, 1.165) is 6.42 Å². The highest BCUT2D eigenvalue weighted by molar-refractivity contribution is 5.85. The maximum Gasteiger partial charge on any atom is 0.315 e. The summed E-state index contributed by atoms with van der Waals surface area (Å²) in [6.07, 6.45) is 4.88. The van der Waals surface area contributed by atoms with E-state index in [4.69, 9.17) is 4.42 Å². The van der Waals surface area contributed by atoms with Gasteiger partial charge in [0.15, 0.2) is 0 Å². The van der Waals surface area contributed by atoms with Gasteiger partial charge >= 0.3 is 6.01 Å². The molecular weight excluding hydrogens is 300 g/mol. The molecule has 0 saturated heterocycles. The number of anilines is 1. The van der Waals surface area contributed by atoms with Crippen molar-refractivity contribution in [3.05, 3.63) is 41.8 Å². The van der Waals surface area contributed by atoms with Gasteiger partial charge in [0.2, 0.25) is 5.89 Å². The van der Waals surface area contributed by atoms with Crippen molar-refractivity contribution in [3.8, 4) is 0 Å². The number of nitrogens with one attached hydrogen (secondary N) is 2. The van der Waals surface area contributed by atoms with Crippen LogP contribution in [0.25, 0.3) is 0 Å². The van der Waals surface area contributed by atoms with Crippen LogP contribution in [-0.2, 0) is 6.54 Å². The first-order valence-corrected chi connectivity index (χ1v) is 7.65. The van der Waals surface area contributed by atoms with Crippen molar-refractivity contribution in [2.24, 2.45) is 0 Å². The number of aromatic nitrogens is 2. The van der Waals surface area contributed by atoms with Crippen LogP contribution < -0.4 is 10.6 Å². The maximum atomic E-state index is 5.62. The second-order valence-electron chi connectivity index (χ2n) is 5.58. The molecule has 1 heterocycles. The summed E-state index contributed by atoms with van der Waals surface area (Å²) in [5.41, 5.74) is 1.39. The summed E-state index contributed by atoms with van der Waals surface area (Å²) in [4.78, 5) is 0. The molecule has 1 aliphatic carbocycles. The van der Waals surface area contributed by atoms with Crippen LogP contribution in [0.2, 0.25) is 0 Å². The topological polar surface area (TPSA) is 63.0 Å². The summed E-state index contributed by atoms with van der Waals surface area (Å²) in [5.74, 6) is 1.13. The fourth-order valence-electron chi connectivity index (χ4n) is 3.10. The minimum Gasteiger partial charge on any atom is -0.407 e. The molecule has 0 radical (unpaired) electrons. The van der Waals surface area contributed by atoms with Gasteiger partial charge in [0.25, 0.3) is 0 Å². The maximum absolute atomic E-state index is 5.62. The Kier molecular flexibility index (Phi) is 6.21. The van der Waals surface area contributed by atoms with Gasteiger partial charge in [-0.05, 0) is 25.5 Å². The monoisotopic (exact) mass is 322 g/mol. The van der Waals surface area contributed by atoms with Gasteiger partial charge in [-0.25, -0.2) is 0 Å². The molecule has 0 unspecified atom stereocenters. The zero-order valence-electron chi connectivity index (χ0n) is 12.8. The van der Waals surface area contributed by atoms with Crippen molar-refractivity contribution in [1.82, 2.24) is 15.5 Å². The summed E-state index contributed by atoms with van der Waals surface area (Å²) in [6.45, 7) is 0.599. The third kappa shape index (κ3) is 3.99. The molecule has 22 heavy (non-hydrogen) atoms. The van der Waals surface area contributed by atoms with Gasteiger partial charge in [0, 0.05) is 12.0 Å². The van der Waals surface area contributed by atoms with Crippen molar-refractivity contribution in [2.45, 2.75) is 44.2 Å². The van der Waals surface area contributed by atoms with E-state index in [1.165, 1.54) is 24.8 Å². The van der Waals surface area contributed by atoms with Gasteiger partial charge in [-0.3, -0.25) is 0 Å². The number of halogens is 1. The minimum atomic E-state index is 0. The lowest BCUT2D eigenvalue weighted by Crippen LogP contribution is -2.30. The number of hydrogen-bond donors (Lipinski definition) is 2. The third-order valence-corrected chi connectivity index (χ3v) is 4.10. The molecule has 1 saturated carbocycles. The lowest BCUT2D eigenvalue weighted by Gasteiger charge is -2.32. The SMILES string of the molecule is CNCc1nnc(N[C@@H]2CCCC[C@H]2c2ccccc2)o1.Cl. The van der Waals surface area contributed by atoms with Crippen molar-refractivity contribution < 1.29 is 4.42 Å². The fourth-order valence-corrected chi connectivity index (χ4v) is 3.10. The third-order valence-electron chi connectivity index (χ3n) is 4.10. The van der Waals surface area contributed by atoms with Crippen LogP contribution >= 0.6 is 12.4 Å². The smallest absolute Gasteiger partial charge is 0.315 e. The molecule has 2 atom stereocenters. The Balaban J connectivity index is 0.00000176. The molecule has 1 aromatic carbocycles. The van der Waals surface area contributed by atoms with Crippen molar-refractivity contribution in [3.63, 3.8) is 0 Å². The predicted molar refractivity (Wildman–Crippen MR) is 89.4 cm³/mol. The van der Waals surface area contributed by atoms with E-state index in [2.05, 4.69) is 51.2 Å². The number of nitrogens with zero attached hydrogens (tertiary/aromatic N) is 2. The average Bonchev–Trinajstić information content (AvgIpc) is 2.96. The molecule has 6 heteroatoms. The van der Waals surface area contributed by atoms with Crippen molar-refractivity contribution in [2.75, 3.05) is 12.4 Å². The highest BCUT2D eigenvalue weighted by Gasteiger charge is 2.27. The van der Waals surface area contributed by atoms with Crippen molar-refractivity contribution in [1.29, 1.82) is 0 Å². The zero-order valence-corrected chi connectivity index (χ0v) is 13.6. The van der Waals surface area contributed by atoms with E-state index >= 15 is 0 Å². The summed E-state index contributed by atoms with van der Waals surface area (Å²) in [6, 6.07) is 11.6. The second kappa shape index (κ2) is 8.15. The van der Waals surface area contributed by atoms with Gasteiger partial charge in [-0.15, -0.1) is 17.5 Å². The largest absolute Gasteiger partial charge is 0.407 e. The Morgan fingerprint density at radius 2 is 1.91 bits per heavy atom. The van der Waals surface area contributed by atoms with E-state index in [1.807, 2.05) is 7.05 Å². The van der Waals surface area contributed by atoms with Gasteiger partial charge in [0.05, 0.1) is 6.54 Å². The van der Waals surface area contributed by atoms with Crippen molar-refractivity contribution >= 4 is 18.4 Å². The lowest BCUT2D eigenvalue weighted by atomic mass is 9.80. The highest BCUT2D eigenvalue weighted by Crippen LogP contribution is 2.34. The summed E-state index contributed by atoms with van der Waals surface area (Å²) in [5, 5.41) is 14.6. The van der Waals surface area contributed by atoms with Gasteiger partial charge < -0.3 is 15.1 Å².